The molecule has 0 aliphatic carbocycles. The van der Waals surface area contributed by atoms with Crippen molar-refractivity contribution < 1.29 is 4.79 Å². The Bertz CT molecular complexity index is 765. The van der Waals surface area contributed by atoms with Crippen molar-refractivity contribution in [2.24, 2.45) is 0 Å². The van der Waals surface area contributed by atoms with Gasteiger partial charge in [0.05, 0.1) is 5.69 Å². The smallest absolute Gasteiger partial charge is 0.271 e. The lowest BCUT2D eigenvalue weighted by Gasteiger charge is -2.11. The molecule has 0 saturated heterocycles. The molecule has 0 fully saturated rings. The van der Waals surface area contributed by atoms with Gasteiger partial charge in [-0.15, -0.1) is 0 Å². The molecule has 1 aromatic heterocycles. The van der Waals surface area contributed by atoms with Gasteiger partial charge in [-0.25, -0.2) is 0 Å². The number of nitrogens with zero attached hydrogens (tertiary/aromatic N) is 2. The van der Waals surface area contributed by atoms with E-state index in [0.717, 1.165) is 0 Å². The molecule has 1 amide bonds. The lowest BCUT2D eigenvalue weighted by molar-refractivity contribution is 0.0948. The van der Waals surface area contributed by atoms with Crippen molar-refractivity contribution >= 4 is 18.1 Å². The number of likely N-dealkylation sites (N-methyl/N-ethyl adjacent to an activating group) is 1. The summed E-state index contributed by atoms with van der Waals surface area (Å²) in [7, 11) is 3.82. The first-order valence-electron chi connectivity index (χ1n) is 6.84. The highest BCUT2D eigenvalue weighted by Crippen LogP contribution is 2.04. The number of hydrogen-bond acceptors (Lipinski definition) is 4. The van der Waals surface area contributed by atoms with Crippen LogP contribution in [0.5, 0.6) is 0 Å². The molecule has 0 aliphatic rings. The second-order valence-electron chi connectivity index (χ2n) is 5.04. The molecule has 22 heavy (non-hydrogen) atoms. The number of nitrogens with one attached hydrogen (secondary N) is 2. The molecule has 1 aromatic carbocycles. The number of H-pyrrole nitrogens is 1. The second kappa shape index (κ2) is 7.15. The Morgan fingerprint density at radius 2 is 2.00 bits per heavy atom. The van der Waals surface area contributed by atoms with Crippen molar-refractivity contribution in [3.63, 3.8) is 0 Å². The summed E-state index contributed by atoms with van der Waals surface area (Å²) in [5.41, 5.74) is 0.227. The van der Waals surface area contributed by atoms with E-state index in [1.165, 1.54) is 10.8 Å². The third-order valence-corrected chi connectivity index (χ3v) is 3.38. The van der Waals surface area contributed by atoms with Gasteiger partial charge in [-0.3, -0.25) is 14.2 Å². The third-order valence-electron chi connectivity index (χ3n) is 3.08. The maximum Gasteiger partial charge on any atom is 0.271 e. The number of aromatic nitrogens is 2. The van der Waals surface area contributed by atoms with E-state index in [-0.39, 0.29) is 10.3 Å². The minimum Gasteiger partial charge on any atom is -0.351 e. The Morgan fingerprint density at radius 3 is 2.64 bits per heavy atom. The second-order valence-corrected chi connectivity index (χ2v) is 5.43. The molecule has 6 nitrogen and oxygen atoms in total. The Morgan fingerprint density at radius 1 is 1.32 bits per heavy atom. The Balaban J connectivity index is 2.34. The lowest BCUT2D eigenvalue weighted by atomic mass is 10.2. The van der Waals surface area contributed by atoms with Crippen LogP contribution in [0.3, 0.4) is 0 Å². The number of rotatable bonds is 5. The van der Waals surface area contributed by atoms with Gasteiger partial charge >= 0.3 is 0 Å². The predicted molar refractivity (Wildman–Crippen MR) is 88.1 cm³/mol. The van der Waals surface area contributed by atoms with Gasteiger partial charge in [0, 0.05) is 19.3 Å². The summed E-state index contributed by atoms with van der Waals surface area (Å²) in [6, 6.07) is 8.98. The van der Waals surface area contributed by atoms with Crippen molar-refractivity contribution in [1.29, 1.82) is 0 Å². The zero-order valence-corrected chi connectivity index (χ0v) is 13.3. The van der Waals surface area contributed by atoms with E-state index in [1.807, 2.05) is 25.1 Å². The van der Waals surface area contributed by atoms with E-state index in [4.69, 9.17) is 12.2 Å². The van der Waals surface area contributed by atoms with Gasteiger partial charge in [-0.1, -0.05) is 18.2 Å². The van der Waals surface area contributed by atoms with E-state index >= 15 is 0 Å². The average molecular weight is 318 g/mol. The summed E-state index contributed by atoms with van der Waals surface area (Å²) < 4.78 is 1.57. The largest absolute Gasteiger partial charge is 0.351 e. The van der Waals surface area contributed by atoms with Gasteiger partial charge in [0.15, 0.2) is 4.77 Å². The van der Waals surface area contributed by atoms with Crippen LogP contribution in [0.1, 0.15) is 10.4 Å². The predicted octanol–water partition coefficient (Wildman–Crippen LogP) is 1.19. The Kier molecular flexibility index (Phi) is 5.24. The number of carbonyl (C=O) groups is 1. The maximum absolute atomic E-state index is 12.5. The summed E-state index contributed by atoms with van der Waals surface area (Å²) in [5, 5.41) is 2.72. The molecule has 0 atom stereocenters. The number of amides is 1. The fraction of sp³-hybridized carbons (Fsp3) is 0.267. The van der Waals surface area contributed by atoms with Gasteiger partial charge in [0.1, 0.15) is 5.56 Å². The molecule has 0 saturated carbocycles. The molecule has 0 bridgehead atoms. The number of hydrogen-bond donors (Lipinski definition) is 2. The molecule has 0 radical (unpaired) electrons. The SMILES string of the molecule is CN(C)CCNC(=O)c1c[nH]c(=S)n(-c2ccccc2)c1=O. The topological polar surface area (TPSA) is 70.1 Å². The van der Waals surface area contributed by atoms with Gasteiger partial charge in [0.2, 0.25) is 0 Å². The average Bonchev–Trinajstić information content (AvgIpc) is 2.48. The van der Waals surface area contributed by atoms with E-state index < -0.39 is 11.5 Å². The van der Waals surface area contributed by atoms with Crippen molar-refractivity contribution in [2.75, 3.05) is 27.2 Å². The van der Waals surface area contributed by atoms with Crippen LogP contribution in [0.15, 0.2) is 41.3 Å². The van der Waals surface area contributed by atoms with Gasteiger partial charge < -0.3 is 15.2 Å². The Labute approximate surface area is 133 Å². The van der Waals surface area contributed by atoms with Crippen molar-refractivity contribution in [3.8, 4) is 5.69 Å². The van der Waals surface area contributed by atoms with E-state index in [0.29, 0.717) is 18.8 Å². The zero-order valence-electron chi connectivity index (χ0n) is 12.5. The molecule has 2 N–H and O–H groups in total. The van der Waals surface area contributed by atoms with E-state index in [2.05, 4.69) is 10.3 Å². The third kappa shape index (κ3) is 3.69. The fourth-order valence-electron chi connectivity index (χ4n) is 1.94. The molecular formula is C15H18N4O2S. The summed E-state index contributed by atoms with van der Waals surface area (Å²) >= 11 is 5.16. The van der Waals surface area contributed by atoms with Crippen molar-refractivity contribution in [2.45, 2.75) is 0 Å². The van der Waals surface area contributed by atoms with Crippen LogP contribution in [0.4, 0.5) is 0 Å². The first-order chi connectivity index (χ1) is 10.5. The highest BCUT2D eigenvalue weighted by Gasteiger charge is 2.14. The van der Waals surface area contributed by atoms with E-state index in [9.17, 15) is 9.59 Å². The molecule has 1 heterocycles. The zero-order chi connectivity index (χ0) is 16.1. The van der Waals surface area contributed by atoms with Crippen LogP contribution in [0, 0.1) is 4.77 Å². The first kappa shape index (κ1) is 16.1. The summed E-state index contributed by atoms with van der Waals surface area (Å²) in [6.45, 7) is 1.16. The number of benzene rings is 1. The van der Waals surface area contributed by atoms with Gasteiger partial charge in [0.25, 0.3) is 11.5 Å². The van der Waals surface area contributed by atoms with Crippen LogP contribution in [-0.4, -0.2) is 47.5 Å². The standard InChI is InChI=1S/C15H18N4O2S/c1-18(2)9-8-16-13(20)12-10-17-15(22)19(14(12)21)11-6-4-3-5-7-11/h3-7,10H,8-9H2,1-2H3,(H,16,20)(H,17,22). The Hall–Kier alpha value is -2.25. The lowest BCUT2D eigenvalue weighted by Crippen LogP contribution is -2.36. The first-order valence-corrected chi connectivity index (χ1v) is 7.24. The molecule has 2 rings (SSSR count). The number of aromatic amines is 1. The highest BCUT2D eigenvalue weighted by molar-refractivity contribution is 7.71. The highest BCUT2D eigenvalue weighted by atomic mass is 32.1. The minimum absolute atomic E-state index is 0.0382. The van der Waals surface area contributed by atoms with Crippen molar-refractivity contribution in [3.05, 3.63) is 57.2 Å². The molecule has 2 aromatic rings. The fourth-order valence-corrected chi connectivity index (χ4v) is 2.18. The van der Waals surface area contributed by atoms with Crippen LogP contribution >= 0.6 is 12.2 Å². The molecule has 7 heteroatoms. The van der Waals surface area contributed by atoms with Crippen LogP contribution in [0.25, 0.3) is 5.69 Å². The minimum atomic E-state index is -0.433. The number of carbonyl (C=O) groups excluding carboxylic acids is 1. The molecule has 0 aliphatic heterocycles. The normalized spacial score (nSPS) is 10.7. The molecule has 0 unspecified atom stereocenters. The quantitative estimate of drug-likeness (QED) is 0.813. The van der Waals surface area contributed by atoms with Crippen LogP contribution in [-0.2, 0) is 0 Å². The summed E-state index contributed by atoms with van der Waals surface area (Å²) in [6.07, 6.45) is 1.36. The monoisotopic (exact) mass is 318 g/mol. The van der Waals surface area contributed by atoms with Crippen LogP contribution < -0.4 is 10.9 Å². The molecular weight excluding hydrogens is 300 g/mol. The number of para-hydroxylation sites is 1. The molecule has 0 spiro atoms. The maximum atomic E-state index is 12.5. The van der Waals surface area contributed by atoms with Gasteiger partial charge in [-0.2, -0.15) is 0 Å². The van der Waals surface area contributed by atoms with Crippen molar-refractivity contribution in [1.82, 2.24) is 19.8 Å². The molecule has 116 valence electrons. The van der Waals surface area contributed by atoms with Crippen LogP contribution in [0.2, 0.25) is 0 Å². The summed E-state index contributed by atoms with van der Waals surface area (Å²) in [5.74, 6) is -0.414. The van der Waals surface area contributed by atoms with Gasteiger partial charge in [-0.05, 0) is 38.4 Å². The summed E-state index contributed by atoms with van der Waals surface area (Å²) in [4.78, 5) is 29.4. The van der Waals surface area contributed by atoms with E-state index in [1.54, 1.807) is 24.3 Å².